The fourth-order valence-corrected chi connectivity index (χ4v) is 5.16. The zero-order chi connectivity index (χ0) is 27.8. The number of ether oxygens (including phenoxy) is 2. The third-order valence-electron chi connectivity index (χ3n) is 7.11. The van der Waals surface area contributed by atoms with Crippen molar-refractivity contribution in [2.45, 2.75) is 39.7 Å². The maximum absolute atomic E-state index is 13.6. The third-order valence-corrected chi connectivity index (χ3v) is 7.11. The van der Waals surface area contributed by atoms with Crippen LogP contribution in [0.15, 0.2) is 48.5 Å². The molecule has 0 unspecified atom stereocenters. The number of aryl methyl sites for hydroxylation is 1. The van der Waals surface area contributed by atoms with E-state index in [1.54, 1.807) is 26.0 Å². The predicted molar refractivity (Wildman–Crippen MR) is 147 cm³/mol. The van der Waals surface area contributed by atoms with Crippen LogP contribution in [0.2, 0.25) is 0 Å². The highest BCUT2D eigenvalue weighted by atomic mass is 16.5. The largest absolute Gasteiger partial charge is 0.508 e. The summed E-state index contributed by atoms with van der Waals surface area (Å²) in [4.78, 5) is 46.9. The van der Waals surface area contributed by atoms with E-state index in [1.165, 1.54) is 14.0 Å². The Kier molecular flexibility index (Phi) is 6.78. The number of aromatic nitrogens is 2. The lowest BCUT2D eigenvalue weighted by atomic mass is 10.0. The van der Waals surface area contributed by atoms with Crippen molar-refractivity contribution in [2.75, 3.05) is 7.11 Å². The van der Waals surface area contributed by atoms with E-state index in [1.807, 2.05) is 42.5 Å². The van der Waals surface area contributed by atoms with Gasteiger partial charge in [0.05, 0.1) is 35.1 Å². The van der Waals surface area contributed by atoms with Gasteiger partial charge < -0.3 is 19.6 Å². The normalized spacial score (nSPS) is 14.3. The number of methoxy groups -OCH3 is 1. The SMILES string of the molecule is COC(=O)c1c(C)[nH]c(C(=O)[C@H](C)OC(=O)c2c3c(nc4ccccc24)/C(=C\c2ccc(O)cc2)CC3)c1C. The van der Waals surface area contributed by atoms with Crippen molar-refractivity contribution in [1.29, 1.82) is 0 Å². The van der Waals surface area contributed by atoms with E-state index < -0.39 is 23.8 Å². The van der Waals surface area contributed by atoms with Crippen molar-refractivity contribution in [2.24, 2.45) is 0 Å². The van der Waals surface area contributed by atoms with Crippen LogP contribution in [-0.2, 0) is 15.9 Å². The summed E-state index contributed by atoms with van der Waals surface area (Å²) in [7, 11) is 1.28. The number of rotatable bonds is 6. The summed E-state index contributed by atoms with van der Waals surface area (Å²) in [6.07, 6.45) is 2.19. The lowest BCUT2D eigenvalue weighted by molar-refractivity contribution is 0.0317. The predicted octanol–water partition coefficient (Wildman–Crippen LogP) is 5.59. The van der Waals surface area contributed by atoms with Gasteiger partial charge in [-0.3, -0.25) is 4.79 Å². The lowest BCUT2D eigenvalue weighted by Crippen LogP contribution is -2.26. The molecule has 198 valence electrons. The average molecular weight is 525 g/mol. The molecule has 8 heteroatoms. The number of esters is 2. The van der Waals surface area contributed by atoms with Gasteiger partial charge >= 0.3 is 11.9 Å². The van der Waals surface area contributed by atoms with E-state index in [4.69, 9.17) is 14.5 Å². The second-order valence-electron chi connectivity index (χ2n) is 9.62. The summed E-state index contributed by atoms with van der Waals surface area (Å²) in [5.41, 5.74) is 5.91. The molecule has 1 aliphatic rings. The Morgan fingerprint density at radius 2 is 1.72 bits per heavy atom. The quantitative estimate of drug-likeness (QED) is 0.249. The van der Waals surface area contributed by atoms with Crippen LogP contribution >= 0.6 is 0 Å². The Hall–Kier alpha value is -4.72. The average Bonchev–Trinajstić information content (AvgIpc) is 3.46. The molecule has 2 N–H and O–H groups in total. The molecule has 0 spiro atoms. The number of H-pyrrole nitrogens is 1. The number of aromatic hydroxyl groups is 1. The molecule has 0 radical (unpaired) electrons. The Bertz CT molecular complexity index is 1660. The number of phenols is 1. The Labute approximate surface area is 225 Å². The van der Waals surface area contributed by atoms with E-state index in [0.29, 0.717) is 46.1 Å². The van der Waals surface area contributed by atoms with Gasteiger partial charge in [-0.05, 0) is 80.2 Å². The molecule has 2 aromatic heterocycles. The minimum absolute atomic E-state index is 0.188. The number of nitrogens with zero attached hydrogens (tertiary/aromatic N) is 1. The van der Waals surface area contributed by atoms with Crippen LogP contribution in [0.25, 0.3) is 22.6 Å². The molecular weight excluding hydrogens is 496 g/mol. The minimum Gasteiger partial charge on any atom is -0.508 e. The van der Waals surface area contributed by atoms with Crippen molar-refractivity contribution in [3.63, 3.8) is 0 Å². The summed E-state index contributed by atoms with van der Waals surface area (Å²) in [5, 5.41) is 10.3. The number of fused-ring (bicyclic) bond motifs is 2. The van der Waals surface area contributed by atoms with Crippen molar-refractivity contribution >= 4 is 40.3 Å². The molecule has 2 aromatic carbocycles. The number of benzene rings is 2. The van der Waals surface area contributed by atoms with E-state index in [9.17, 15) is 19.5 Å². The monoisotopic (exact) mass is 524 g/mol. The first-order valence-electron chi connectivity index (χ1n) is 12.6. The molecule has 0 fully saturated rings. The zero-order valence-corrected chi connectivity index (χ0v) is 22.1. The van der Waals surface area contributed by atoms with Crippen molar-refractivity contribution in [3.8, 4) is 5.75 Å². The number of Topliss-reactive ketones (excluding diaryl/α,β-unsaturated/α-hetero) is 1. The first kappa shape index (κ1) is 25.9. The van der Waals surface area contributed by atoms with E-state index in [-0.39, 0.29) is 11.4 Å². The van der Waals surface area contributed by atoms with Gasteiger partial charge in [-0.1, -0.05) is 30.3 Å². The first-order valence-corrected chi connectivity index (χ1v) is 12.6. The van der Waals surface area contributed by atoms with E-state index in [2.05, 4.69) is 4.98 Å². The highest BCUT2D eigenvalue weighted by molar-refractivity contribution is 6.09. The number of carbonyl (C=O) groups excluding carboxylic acids is 3. The van der Waals surface area contributed by atoms with Crippen molar-refractivity contribution in [3.05, 3.63) is 93.4 Å². The van der Waals surface area contributed by atoms with Gasteiger partial charge in [0, 0.05) is 11.1 Å². The number of nitrogens with one attached hydrogen (secondary N) is 1. The lowest BCUT2D eigenvalue weighted by Gasteiger charge is -2.16. The summed E-state index contributed by atoms with van der Waals surface area (Å²) in [5.74, 6) is -1.40. The molecule has 0 aliphatic heterocycles. The summed E-state index contributed by atoms with van der Waals surface area (Å²) < 4.78 is 10.6. The van der Waals surface area contributed by atoms with Gasteiger partial charge in [0.1, 0.15) is 5.75 Å². The Morgan fingerprint density at radius 1 is 1.00 bits per heavy atom. The number of hydrogen-bond donors (Lipinski definition) is 2. The van der Waals surface area contributed by atoms with Crippen LogP contribution in [0.4, 0.5) is 0 Å². The van der Waals surface area contributed by atoms with E-state index >= 15 is 0 Å². The minimum atomic E-state index is -1.10. The van der Waals surface area contributed by atoms with E-state index in [0.717, 1.165) is 22.4 Å². The van der Waals surface area contributed by atoms with Crippen molar-refractivity contribution < 1.29 is 29.0 Å². The Balaban J connectivity index is 1.50. The van der Waals surface area contributed by atoms with Crippen LogP contribution in [0.1, 0.15) is 72.6 Å². The molecule has 0 amide bonds. The summed E-state index contributed by atoms with van der Waals surface area (Å²) in [6.45, 7) is 4.86. The fourth-order valence-electron chi connectivity index (χ4n) is 5.16. The molecule has 8 nitrogen and oxygen atoms in total. The number of allylic oxidation sites excluding steroid dienone is 1. The second kappa shape index (κ2) is 10.2. The molecule has 1 aliphatic carbocycles. The van der Waals surface area contributed by atoms with Crippen LogP contribution in [0, 0.1) is 13.8 Å². The number of ketones is 1. The molecule has 5 rings (SSSR count). The van der Waals surface area contributed by atoms with Crippen molar-refractivity contribution in [1.82, 2.24) is 9.97 Å². The molecule has 0 saturated heterocycles. The number of phenolic OH excluding ortho intramolecular Hbond substituents is 1. The van der Waals surface area contributed by atoms with Crippen LogP contribution < -0.4 is 0 Å². The number of para-hydroxylation sites is 1. The fraction of sp³-hybridized carbons (Fsp3) is 0.226. The molecule has 0 saturated carbocycles. The molecule has 0 bridgehead atoms. The molecular formula is C31H28N2O6. The molecule has 1 atom stereocenters. The number of hydrogen-bond acceptors (Lipinski definition) is 7. The zero-order valence-electron chi connectivity index (χ0n) is 22.1. The number of aromatic amines is 1. The summed E-state index contributed by atoms with van der Waals surface area (Å²) >= 11 is 0. The van der Waals surface area contributed by atoms with Gasteiger partial charge in [-0.2, -0.15) is 0 Å². The highest BCUT2D eigenvalue weighted by Gasteiger charge is 2.31. The van der Waals surface area contributed by atoms with Crippen LogP contribution in [0.5, 0.6) is 5.75 Å². The van der Waals surface area contributed by atoms with Crippen LogP contribution in [0.3, 0.4) is 0 Å². The maximum atomic E-state index is 13.6. The molecule has 4 aromatic rings. The number of carbonyl (C=O) groups is 3. The standard InChI is InChI=1S/C31H28N2O6/c1-16-25(30(36)38-4)17(2)32-27(16)29(35)18(3)39-31(37)26-22-7-5-6-8-24(22)33-28-20(11-14-23(26)28)15-19-9-12-21(34)13-10-19/h5-10,12-13,15,18,32,34H,11,14H2,1-4H3/b20-15-/t18-/m0/s1. The Morgan fingerprint density at radius 3 is 2.44 bits per heavy atom. The maximum Gasteiger partial charge on any atom is 0.339 e. The molecule has 39 heavy (non-hydrogen) atoms. The topological polar surface area (TPSA) is 119 Å². The van der Waals surface area contributed by atoms with Gasteiger partial charge in [0.15, 0.2) is 6.10 Å². The first-order chi connectivity index (χ1) is 18.7. The van der Waals surface area contributed by atoms with Gasteiger partial charge in [-0.15, -0.1) is 0 Å². The van der Waals surface area contributed by atoms with Crippen LogP contribution in [-0.4, -0.2) is 46.0 Å². The molecule has 2 heterocycles. The summed E-state index contributed by atoms with van der Waals surface area (Å²) in [6, 6.07) is 14.3. The highest BCUT2D eigenvalue weighted by Crippen LogP contribution is 2.38. The second-order valence-corrected chi connectivity index (χ2v) is 9.62. The number of pyridine rings is 1. The third kappa shape index (κ3) is 4.69. The van der Waals surface area contributed by atoms with Gasteiger partial charge in [0.2, 0.25) is 5.78 Å². The van der Waals surface area contributed by atoms with Gasteiger partial charge in [-0.25, -0.2) is 14.6 Å². The smallest absolute Gasteiger partial charge is 0.339 e. The van der Waals surface area contributed by atoms with Gasteiger partial charge in [0.25, 0.3) is 0 Å².